The molecule has 0 fully saturated rings. The van der Waals surface area contributed by atoms with Crippen LogP contribution < -0.4 is 20.1 Å². The summed E-state index contributed by atoms with van der Waals surface area (Å²) >= 11 is 0. The first-order chi connectivity index (χ1) is 19.8. The standard InChI is InChI=1S/C30H31N5O6/c1-5-40-27-15-22-21(13-24(27)33-29(38)10-7-11-35(2)3)30(32-18-31-22)34-23-14-26(37)28(16-25(23)36)41-17-19-8-6-9-20(12-19)39-4/h6-10,12-16,18H,5,11,17H2,1-4H3,(H,33,38)(H,31,32,34)/b10-7+. The van der Waals surface area contributed by atoms with Gasteiger partial charge in [0.1, 0.15) is 30.3 Å². The monoisotopic (exact) mass is 557 g/mol. The van der Waals surface area contributed by atoms with Gasteiger partial charge < -0.3 is 29.7 Å². The Balaban J connectivity index is 1.54. The van der Waals surface area contributed by atoms with Gasteiger partial charge in [-0.2, -0.15) is 0 Å². The maximum atomic E-state index is 12.9. The van der Waals surface area contributed by atoms with E-state index in [1.54, 1.807) is 37.5 Å². The second-order valence-corrected chi connectivity index (χ2v) is 9.23. The van der Waals surface area contributed by atoms with Gasteiger partial charge in [-0.05, 0) is 44.8 Å². The van der Waals surface area contributed by atoms with Crippen molar-refractivity contribution in [1.82, 2.24) is 14.9 Å². The summed E-state index contributed by atoms with van der Waals surface area (Å²) in [5.74, 6) is 0.0464. The predicted molar refractivity (Wildman–Crippen MR) is 155 cm³/mol. The number of benzene rings is 2. The number of aromatic nitrogens is 2. The molecular formula is C30H31N5O6. The molecule has 11 nitrogen and oxygen atoms in total. The van der Waals surface area contributed by atoms with E-state index in [2.05, 4.69) is 20.6 Å². The van der Waals surface area contributed by atoms with Gasteiger partial charge in [-0.25, -0.2) is 9.97 Å². The van der Waals surface area contributed by atoms with Gasteiger partial charge >= 0.3 is 0 Å². The molecule has 1 amide bonds. The highest BCUT2D eigenvalue weighted by molar-refractivity contribution is 6.20. The van der Waals surface area contributed by atoms with Crippen LogP contribution in [0.4, 0.5) is 11.5 Å². The lowest BCUT2D eigenvalue weighted by molar-refractivity contribution is -0.117. The highest BCUT2D eigenvalue weighted by Crippen LogP contribution is 2.33. The van der Waals surface area contributed by atoms with Gasteiger partial charge in [-0.15, -0.1) is 0 Å². The second kappa shape index (κ2) is 13.4. The number of methoxy groups -OCH3 is 1. The molecule has 0 spiro atoms. The molecular weight excluding hydrogens is 526 g/mol. The third-order valence-electron chi connectivity index (χ3n) is 5.86. The lowest BCUT2D eigenvalue weighted by Crippen LogP contribution is -2.20. The van der Waals surface area contributed by atoms with Crippen molar-refractivity contribution in [3.63, 3.8) is 0 Å². The van der Waals surface area contributed by atoms with Crippen LogP contribution in [0.3, 0.4) is 0 Å². The smallest absolute Gasteiger partial charge is 0.248 e. The first-order valence-electron chi connectivity index (χ1n) is 12.9. The molecule has 41 heavy (non-hydrogen) atoms. The number of amides is 1. The number of ether oxygens (including phenoxy) is 3. The van der Waals surface area contributed by atoms with Gasteiger partial charge in [-0.3, -0.25) is 14.4 Å². The van der Waals surface area contributed by atoms with E-state index in [4.69, 9.17) is 14.2 Å². The van der Waals surface area contributed by atoms with E-state index in [9.17, 15) is 14.4 Å². The highest BCUT2D eigenvalue weighted by Gasteiger charge is 2.23. The Morgan fingerprint density at radius 2 is 1.88 bits per heavy atom. The fourth-order valence-electron chi connectivity index (χ4n) is 3.90. The summed E-state index contributed by atoms with van der Waals surface area (Å²) in [5, 5.41) is 6.28. The van der Waals surface area contributed by atoms with E-state index >= 15 is 0 Å². The molecule has 4 rings (SSSR count). The Bertz CT molecular complexity index is 1560. The van der Waals surface area contributed by atoms with Crippen molar-refractivity contribution in [3.8, 4) is 11.5 Å². The van der Waals surface area contributed by atoms with E-state index in [0.717, 1.165) is 11.6 Å². The topological polar surface area (TPSA) is 132 Å². The Kier molecular flexibility index (Phi) is 9.43. The molecule has 0 unspecified atom stereocenters. The zero-order valence-corrected chi connectivity index (χ0v) is 23.3. The van der Waals surface area contributed by atoms with Gasteiger partial charge in [0, 0.05) is 36.2 Å². The van der Waals surface area contributed by atoms with Crippen LogP contribution in [0.15, 0.2) is 78.5 Å². The highest BCUT2D eigenvalue weighted by atomic mass is 16.5. The van der Waals surface area contributed by atoms with Crippen LogP contribution >= 0.6 is 0 Å². The number of fused-ring (bicyclic) bond motifs is 1. The predicted octanol–water partition coefficient (Wildman–Crippen LogP) is 3.64. The number of nitrogens with one attached hydrogen (secondary N) is 2. The molecule has 0 saturated carbocycles. The summed E-state index contributed by atoms with van der Waals surface area (Å²) in [6.07, 6.45) is 6.83. The molecule has 1 heterocycles. The van der Waals surface area contributed by atoms with Gasteiger partial charge in [0.15, 0.2) is 5.76 Å². The minimum atomic E-state index is -0.468. The maximum absolute atomic E-state index is 12.9. The zero-order valence-electron chi connectivity index (χ0n) is 23.3. The number of carbonyl (C=O) groups is 3. The molecule has 1 aliphatic rings. The summed E-state index contributed by atoms with van der Waals surface area (Å²) in [6, 6.07) is 10.6. The van der Waals surface area contributed by atoms with Gasteiger partial charge in [0.2, 0.25) is 17.5 Å². The summed E-state index contributed by atoms with van der Waals surface area (Å²) in [4.78, 5) is 48.7. The number of anilines is 2. The van der Waals surface area contributed by atoms with E-state index in [1.165, 1.54) is 18.5 Å². The zero-order chi connectivity index (χ0) is 29.4. The van der Waals surface area contributed by atoms with Crippen molar-refractivity contribution >= 4 is 39.9 Å². The molecule has 1 aliphatic carbocycles. The Labute approximate surface area is 237 Å². The Hall–Kier alpha value is -5.03. The van der Waals surface area contributed by atoms with E-state index in [0.29, 0.717) is 41.2 Å². The van der Waals surface area contributed by atoms with E-state index in [1.807, 2.05) is 38.1 Å². The number of ketones is 2. The minimum absolute atomic E-state index is 0.0230. The van der Waals surface area contributed by atoms with Crippen molar-refractivity contribution in [2.24, 2.45) is 0 Å². The van der Waals surface area contributed by atoms with Crippen LogP contribution in [0, 0.1) is 0 Å². The van der Waals surface area contributed by atoms with E-state index < -0.39 is 11.6 Å². The third kappa shape index (κ3) is 7.55. The van der Waals surface area contributed by atoms with Crippen LogP contribution in [0.1, 0.15) is 12.5 Å². The molecule has 2 aromatic carbocycles. The fraction of sp³-hybridized carbons (Fsp3) is 0.233. The molecule has 3 aromatic rings. The molecule has 0 radical (unpaired) electrons. The van der Waals surface area contributed by atoms with Crippen LogP contribution in [0.25, 0.3) is 10.9 Å². The Morgan fingerprint density at radius 1 is 1.05 bits per heavy atom. The van der Waals surface area contributed by atoms with Gasteiger partial charge in [0.25, 0.3) is 0 Å². The van der Waals surface area contributed by atoms with Gasteiger partial charge in [-0.1, -0.05) is 18.2 Å². The number of nitrogens with zero attached hydrogens (tertiary/aromatic N) is 3. The Morgan fingerprint density at radius 3 is 2.63 bits per heavy atom. The summed E-state index contributed by atoms with van der Waals surface area (Å²) in [6.45, 7) is 2.91. The quantitative estimate of drug-likeness (QED) is 0.251. The molecule has 11 heteroatoms. The number of rotatable bonds is 12. The number of carbonyl (C=O) groups excluding carboxylic acids is 3. The molecule has 2 N–H and O–H groups in total. The fourth-order valence-corrected chi connectivity index (χ4v) is 3.90. The lowest BCUT2D eigenvalue weighted by Gasteiger charge is -2.17. The molecule has 0 saturated heterocycles. The maximum Gasteiger partial charge on any atom is 0.248 e. The van der Waals surface area contributed by atoms with E-state index in [-0.39, 0.29) is 29.8 Å². The first kappa shape index (κ1) is 29.0. The molecule has 0 atom stereocenters. The summed E-state index contributed by atoms with van der Waals surface area (Å²) in [7, 11) is 5.37. The number of likely N-dealkylation sites (N-methyl/N-ethyl adjacent to an activating group) is 1. The lowest BCUT2D eigenvalue weighted by atomic mass is 10.1. The molecule has 212 valence electrons. The van der Waals surface area contributed by atoms with Crippen LogP contribution in [0.2, 0.25) is 0 Å². The molecule has 0 aliphatic heterocycles. The number of hydrogen-bond acceptors (Lipinski definition) is 10. The third-order valence-corrected chi connectivity index (χ3v) is 5.86. The SMILES string of the molecule is CCOc1cc2ncnc(NC3=CC(=O)C(OCc4cccc(OC)c4)=CC3=O)c2cc1NC(=O)/C=C/CN(C)C. The largest absolute Gasteiger partial charge is 0.497 e. The van der Waals surface area contributed by atoms with Crippen molar-refractivity contribution in [3.05, 3.63) is 84.0 Å². The van der Waals surface area contributed by atoms with Crippen molar-refractivity contribution < 1.29 is 28.6 Å². The summed E-state index contributed by atoms with van der Waals surface area (Å²) < 4.78 is 16.5. The first-order valence-corrected chi connectivity index (χ1v) is 12.9. The normalized spacial score (nSPS) is 13.3. The van der Waals surface area contributed by atoms with Crippen molar-refractivity contribution in [1.29, 1.82) is 0 Å². The number of hydrogen-bond donors (Lipinski definition) is 2. The summed E-state index contributed by atoms with van der Waals surface area (Å²) in [5.41, 5.74) is 1.73. The van der Waals surface area contributed by atoms with Crippen molar-refractivity contribution in [2.45, 2.75) is 13.5 Å². The molecule has 0 bridgehead atoms. The second-order valence-electron chi connectivity index (χ2n) is 9.23. The molecule has 1 aromatic heterocycles. The van der Waals surface area contributed by atoms with Gasteiger partial charge in [0.05, 0.1) is 30.6 Å². The average Bonchev–Trinajstić information content (AvgIpc) is 2.94. The average molecular weight is 558 g/mol. The number of allylic oxidation sites excluding steroid dienone is 2. The van der Waals surface area contributed by atoms with Crippen LogP contribution in [0.5, 0.6) is 11.5 Å². The van der Waals surface area contributed by atoms with Crippen LogP contribution in [-0.2, 0) is 25.7 Å². The van der Waals surface area contributed by atoms with Crippen molar-refractivity contribution in [2.75, 3.05) is 45.0 Å². The minimum Gasteiger partial charge on any atom is -0.497 e. The van der Waals surface area contributed by atoms with Crippen LogP contribution in [-0.4, -0.2) is 66.7 Å².